The quantitative estimate of drug-likeness (QED) is 0.645. The summed E-state index contributed by atoms with van der Waals surface area (Å²) in [5.41, 5.74) is 1.99. The van der Waals surface area contributed by atoms with Gasteiger partial charge in [0.15, 0.2) is 5.78 Å². The summed E-state index contributed by atoms with van der Waals surface area (Å²) in [5, 5.41) is 2.15. The number of Topliss-reactive ketones (excluding diaryl/α,β-unsaturated/α-hetero) is 1. The first kappa shape index (κ1) is 11.7. The van der Waals surface area contributed by atoms with Gasteiger partial charge >= 0.3 is 0 Å². The fourth-order valence-corrected chi connectivity index (χ4v) is 2.51. The largest absolute Gasteiger partial charge is 0.340 e. The number of ketones is 1. The van der Waals surface area contributed by atoms with Crippen molar-refractivity contribution in [3.63, 3.8) is 0 Å². The third-order valence-corrected chi connectivity index (χ3v) is 3.33. The second-order valence-electron chi connectivity index (χ2n) is 4.73. The maximum absolute atomic E-state index is 11.9. The minimum absolute atomic E-state index is 0.108. The van der Waals surface area contributed by atoms with E-state index in [4.69, 9.17) is 0 Å². The molecule has 19 heavy (non-hydrogen) atoms. The molecule has 2 heteroatoms. The van der Waals surface area contributed by atoms with Gasteiger partial charge in [0.2, 0.25) is 0 Å². The Morgan fingerprint density at radius 2 is 1.68 bits per heavy atom. The van der Waals surface area contributed by atoms with Gasteiger partial charge in [-0.3, -0.25) is 4.79 Å². The molecule has 2 aromatic carbocycles. The van der Waals surface area contributed by atoms with Crippen LogP contribution in [0.5, 0.6) is 0 Å². The van der Waals surface area contributed by atoms with E-state index in [9.17, 15) is 4.79 Å². The lowest BCUT2D eigenvalue weighted by atomic mass is 10.1. The molecule has 0 amide bonds. The van der Waals surface area contributed by atoms with Crippen molar-refractivity contribution in [3.05, 3.63) is 72.1 Å². The number of benzene rings is 2. The Morgan fingerprint density at radius 3 is 2.42 bits per heavy atom. The molecular formula is C17H15NO. The van der Waals surface area contributed by atoms with Gasteiger partial charge in [-0.15, -0.1) is 0 Å². The molecular weight excluding hydrogens is 234 g/mol. The average Bonchev–Trinajstić information content (AvgIpc) is 2.77. The fraction of sp³-hybridized carbons (Fsp3) is 0.118. The molecule has 0 aliphatic heterocycles. The van der Waals surface area contributed by atoms with E-state index in [1.165, 1.54) is 5.56 Å². The molecule has 0 N–H and O–H groups in total. The van der Waals surface area contributed by atoms with Crippen LogP contribution in [0.3, 0.4) is 0 Å². The summed E-state index contributed by atoms with van der Waals surface area (Å²) in [4.78, 5) is 11.9. The third-order valence-electron chi connectivity index (χ3n) is 3.33. The van der Waals surface area contributed by atoms with Crippen molar-refractivity contribution < 1.29 is 4.79 Å². The Bertz CT molecular complexity index is 725. The monoisotopic (exact) mass is 249 g/mol. The molecule has 0 aliphatic carbocycles. The van der Waals surface area contributed by atoms with Crippen LogP contribution >= 0.6 is 0 Å². The molecule has 0 unspecified atom stereocenters. The predicted octanol–water partition coefficient (Wildman–Crippen LogP) is 3.89. The smallest absolute Gasteiger partial charge is 0.176 e. The SMILES string of the molecule is CC(=O)c1c2ccccc2cn1Cc1ccccc1. The summed E-state index contributed by atoms with van der Waals surface area (Å²) in [6, 6.07) is 18.2. The number of nitrogens with zero attached hydrogens (tertiary/aromatic N) is 1. The van der Waals surface area contributed by atoms with Crippen molar-refractivity contribution in [2.75, 3.05) is 0 Å². The molecule has 0 fully saturated rings. The van der Waals surface area contributed by atoms with E-state index in [2.05, 4.69) is 18.3 Å². The minimum atomic E-state index is 0.108. The Kier molecular flexibility index (Phi) is 2.92. The number of hydrogen-bond donors (Lipinski definition) is 0. The van der Waals surface area contributed by atoms with Crippen LogP contribution in [0.25, 0.3) is 10.8 Å². The maximum atomic E-state index is 11.9. The number of carbonyl (C=O) groups excluding carboxylic acids is 1. The van der Waals surface area contributed by atoms with E-state index in [1.807, 2.05) is 47.0 Å². The Balaban J connectivity index is 2.13. The number of aromatic nitrogens is 1. The van der Waals surface area contributed by atoms with Crippen molar-refractivity contribution in [3.8, 4) is 0 Å². The van der Waals surface area contributed by atoms with Crippen LogP contribution in [0.4, 0.5) is 0 Å². The van der Waals surface area contributed by atoms with Gasteiger partial charge in [-0.25, -0.2) is 0 Å². The summed E-state index contributed by atoms with van der Waals surface area (Å²) in [6.07, 6.45) is 2.05. The van der Waals surface area contributed by atoms with Gasteiger partial charge in [-0.05, 0) is 5.56 Å². The van der Waals surface area contributed by atoms with Crippen LogP contribution in [0, 0.1) is 0 Å². The molecule has 0 radical (unpaired) electrons. The summed E-state index contributed by atoms with van der Waals surface area (Å²) >= 11 is 0. The number of hydrogen-bond acceptors (Lipinski definition) is 1. The molecule has 1 aromatic heterocycles. The standard InChI is InChI=1S/C17H15NO/c1-13(19)17-16-10-6-5-9-15(16)12-18(17)11-14-7-3-2-4-8-14/h2-10,12H,11H2,1H3. The molecule has 94 valence electrons. The van der Waals surface area contributed by atoms with Gasteiger partial charge in [0, 0.05) is 30.4 Å². The van der Waals surface area contributed by atoms with E-state index < -0.39 is 0 Å². The second kappa shape index (κ2) is 4.73. The van der Waals surface area contributed by atoms with E-state index in [0.29, 0.717) is 0 Å². The summed E-state index contributed by atoms with van der Waals surface area (Å²) in [5.74, 6) is 0.108. The van der Waals surface area contributed by atoms with Gasteiger partial charge in [0.05, 0.1) is 5.69 Å². The number of fused-ring (bicyclic) bond motifs is 1. The zero-order chi connectivity index (χ0) is 13.2. The van der Waals surface area contributed by atoms with Crippen LogP contribution < -0.4 is 0 Å². The van der Waals surface area contributed by atoms with E-state index in [0.717, 1.165) is 23.0 Å². The van der Waals surface area contributed by atoms with Gasteiger partial charge < -0.3 is 4.57 Å². The summed E-state index contributed by atoms with van der Waals surface area (Å²) in [6.45, 7) is 2.35. The first-order chi connectivity index (χ1) is 9.25. The average molecular weight is 249 g/mol. The zero-order valence-corrected chi connectivity index (χ0v) is 10.8. The Hall–Kier alpha value is -2.35. The van der Waals surface area contributed by atoms with Crippen molar-refractivity contribution in [2.24, 2.45) is 0 Å². The molecule has 0 saturated heterocycles. The molecule has 3 aromatic rings. The maximum Gasteiger partial charge on any atom is 0.176 e. The second-order valence-corrected chi connectivity index (χ2v) is 4.73. The van der Waals surface area contributed by atoms with Crippen LogP contribution in [-0.4, -0.2) is 10.4 Å². The van der Waals surface area contributed by atoms with Gasteiger partial charge in [-0.1, -0.05) is 54.6 Å². The fourth-order valence-electron chi connectivity index (χ4n) is 2.51. The number of carbonyl (C=O) groups is 1. The number of rotatable bonds is 3. The summed E-state index contributed by atoms with van der Waals surface area (Å²) < 4.78 is 2.04. The van der Waals surface area contributed by atoms with E-state index in [-0.39, 0.29) is 5.78 Å². The van der Waals surface area contributed by atoms with E-state index in [1.54, 1.807) is 6.92 Å². The van der Waals surface area contributed by atoms with Gasteiger partial charge in [0.25, 0.3) is 0 Å². The normalized spacial score (nSPS) is 10.8. The van der Waals surface area contributed by atoms with Crippen molar-refractivity contribution in [1.29, 1.82) is 0 Å². The van der Waals surface area contributed by atoms with E-state index >= 15 is 0 Å². The Morgan fingerprint density at radius 1 is 1.00 bits per heavy atom. The highest BCUT2D eigenvalue weighted by Crippen LogP contribution is 2.22. The first-order valence-corrected chi connectivity index (χ1v) is 6.38. The molecule has 0 saturated carbocycles. The molecule has 3 rings (SSSR count). The minimum Gasteiger partial charge on any atom is -0.340 e. The lowest BCUT2D eigenvalue weighted by Crippen LogP contribution is -2.06. The molecule has 2 nitrogen and oxygen atoms in total. The van der Waals surface area contributed by atoms with Gasteiger partial charge in [0.1, 0.15) is 0 Å². The molecule has 1 heterocycles. The zero-order valence-electron chi connectivity index (χ0n) is 10.8. The lowest BCUT2D eigenvalue weighted by molar-refractivity contribution is 0.101. The Labute approximate surface area is 112 Å². The molecule has 0 spiro atoms. The third kappa shape index (κ3) is 2.17. The highest BCUT2D eigenvalue weighted by atomic mass is 16.1. The van der Waals surface area contributed by atoms with Crippen molar-refractivity contribution >= 4 is 16.6 Å². The van der Waals surface area contributed by atoms with Crippen molar-refractivity contribution in [1.82, 2.24) is 4.57 Å². The van der Waals surface area contributed by atoms with Crippen LogP contribution in [0.1, 0.15) is 23.0 Å². The lowest BCUT2D eigenvalue weighted by Gasteiger charge is -2.07. The first-order valence-electron chi connectivity index (χ1n) is 6.38. The topological polar surface area (TPSA) is 22.0 Å². The highest BCUT2D eigenvalue weighted by molar-refractivity contribution is 6.06. The van der Waals surface area contributed by atoms with Crippen molar-refractivity contribution in [2.45, 2.75) is 13.5 Å². The molecule has 0 bridgehead atoms. The highest BCUT2D eigenvalue weighted by Gasteiger charge is 2.12. The summed E-state index contributed by atoms with van der Waals surface area (Å²) in [7, 11) is 0. The van der Waals surface area contributed by atoms with Crippen LogP contribution in [0.15, 0.2) is 60.8 Å². The van der Waals surface area contributed by atoms with Gasteiger partial charge in [-0.2, -0.15) is 0 Å². The van der Waals surface area contributed by atoms with Crippen LogP contribution in [-0.2, 0) is 6.54 Å². The predicted molar refractivity (Wildman–Crippen MR) is 77.5 cm³/mol. The molecule has 0 atom stereocenters. The molecule has 0 aliphatic rings. The van der Waals surface area contributed by atoms with Crippen LogP contribution in [0.2, 0.25) is 0 Å².